The summed E-state index contributed by atoms with van der Waals surface area (Å²) in [6.45, 7) is 2.27. The third-order valence-electron chi connectivity index (χ3n) is 2.30. The highest BCUT2D eigenvalue weighted by Gasteiger charge is 2.17. The third-order valence-corrected chi connectivity index (χ3v) is 2.96. The van der Waals surface area contributed by atoms with Gasteiger partial charge in [-0.2, -0.15) is 0 Å². The summed E-state index contributed by atoms with van der Waals surface area (Å²) in [5.74, 6) is 0.302. The molecule has 0 N–H and O–H groups in total. The monoisotopic (exact) mass is 286 g/mol. The van der Waals surface area contributed by atoms with Crippen LogP contribution in [-0.2, 0) is 9.53 Å². The van der Waals surface area contributed by atoms with Gasteiger partial charge in [-0.05, 0) is 34.5 Å². The molecule has 0 amide bonds. The Labute approximate surface area is 104 Å². The van der Waals surface area contributed by atoms with Gasteiger partial charge in [0.25, 0.3) is 0 Å². The molecule has 16 heavy (non-hydrogen) atoms. The van der Waals surface area contributed by atoms with E-state index in [4.69, 9.17) is 9.47 Å². The molecule has 0 saturated heterocycles. The number of methoxy groups -OCH3 is 1. The first-order valence-electron chi connectivity index (χ1n) is 5.14. The fourth-order valence-corrected chi connectivity index (χ4v) is 1.67. The Hall–Kier alpha value is -1.03. The summed E-state index contributed by atoms with van der Waals surface area (Å²) >= 11 is 3.38. The van der Waals surface area contributed by atoms with Crippen molar-refractivity contribution < 1.29 is 14.3 Å². The molecule has 0 aliphatic rings. The van der Waals surface area contributed by atoms with Crippen LogP contribution in [0.5, 0.6) is 5.75 Å². The number of benzene rings is 1. The zero-order chi connectivity index (χ0) is 12.0. The van der Waals surface area contributed by atoms with Crippen LogP contribution in [-0.4, -0.2) is 19.7 Å². The smallest absolute Gasteiger partial charge is 0.312 e. The number of rotatable bonds is 5. The van der Waals surface area contributed by atoms with Gasteiger partial charge in [0.1, 0.15) is 12.4 Å². The summed E-state index contributed by atoms with van der Waals surface area (Å²) in [5.41, 5.74) is 0. The molecule has 1 aromatic rings. The zero-order valence-electron chi connectivity index (χ0n) is 9.40. The molecule has 0 aliphatic carbocycles. The lowest BCUT2D eigenvalue weighted by atomic mass is 10.1. The summed E-state index contributed by atoms with van der Waals surface area (Å²) in [7, 11) is 1.39. The maximum absolute atomic E-state index is 11.3. The van der Waals surface area contributed by atoms with E-state index < -0.39 is 0 Å². The van der Waals surface area contributed by atoms with Crippen molar-refractivity contribution in [1.82, 2.24) is 0 Å². The standard InChI is InChI=1S/C12H15BrO3/c1-3-9(12(14)15-2)8-16-11-7-5-4-6-10(11)13/h4-7,9H,3,8H2,1-2H3. The maximum Gasteiger partial charge on any atom is 0.312 e. The molecule has 0 bridgehead atoms. The van der Waals surface area contributed by atoms with Crippen molar-refractivity contribution in [3.63, 3.8) is 0 Å². The quantitative estimate of drug-likeness (QED) is 0.781. The van der Waals surface area contributed by atoms with E-state index in [0.29, 0.717) is 13.0 Å². The topological polar surface area (TPSA) is 35.5 Å². The zero-order valence-corrected chi connectivity index (χ0v) is 11.0. The van der Waals surface area contributed by atoms with Crippen molar-refractivity contribution in [2.75, 3.05) is 13.7 Å². The van der Waals surface area contributed by atoms with Crippen molar-refractivity contribution in [2.45, 2.75) is 13.3 Å². The maximum atomic E-state index is 11.3. The van der Waals surface area contributed by atoms with Crippen molar-refractivity contribution in [2.24, 2.45) is 5.92 Å². The predicted octanol–water partition coefficient (Wildman–Crippen LogP) is 3.03. The van der Waals surface area contributed by atoms with Crippen LogP contribution in [0.25, 0.3) is 0 Å². The first-order valence-corrected chi connectivity index (χ1v) is 5.93. The van der Waals surface area contributed by atoms with Crippen molar-refractivity contribution in [3.8, 4) is 5.75 Å². The van der Waals surface area contributed by atoms with Crippen molar-refractivity contribution in [1.29, 1.82) is 0 Å². The molecule has 0 radical (unpaired) electrons. The summed E-state index contributed by atoms with van der Waals surface area (Å²) < 4.78 is 11.1. The second-order valence-electron chi connectivity index (χ2n) is 3.37. The molecule has 0 aromatic heterocycles. The molecule has 1 rings (SSSR count). The van der Waals surface area contributed by atoms with Gasteiger partial charge in [-0.1, -0.05) is 19.1 Å². The number of ether oxygens (including phenoxy) is 2. The SMILES string of the molecule is CCC(COc1ccccc1Br)C(=O)OC. The molecular formula is C12H15BrO3. The fraction of sp³-hybridized carbons (Fsp3) is 0.417. The lowest BCUT2D eigenvalue weighted by Gasteiger charge is -2.14. The predicted molar refractivity (Wildman–Crippen MR) is 65.4 cm³/mol. The van der Waals surface area contributed by atoms with Gasteiger partial charge in [-0.25, -0.2) is 0 Å². The number of para-hydroxylation sites is 1. The highest BCUT2D eigenvalue weighted by atomic mass is 79.9. The second kappa shape index (κ2) is 6.53. The van der Waals surface area contributed by atoms with Crippen molar-refractivity contribution in [3.05, 3.63) is 28.7 Å². The Morgan fingerprint density at radius 1 is 1.44 bits per heavy atom. The van der Waals surface area contributed by atoms with E-state index in [1.807, 2.05) is 31.2 Å². The Kier molecular flexibility index (Phi) is 5.32. The molecule has 1 unspecified atom stereocenters. The molecule has 0 aliphatic heterocycles. The van der Waals surface area contributed by atoms with E-state index in [1.54, 1.807) is 0 Å². The van der Waals surface area contributed by atoms with E-state index in [-0.39, 0.29) is 11.9 Å². The van der Waals surface area contributed by atoms with Gasteiger partial charge in [-0.15, -0.1) is 0 Å². The second-order valence-corrected chi connectivity index (χ2v) is 4.22. The number of esters is 1. The third kappa shape index (κ3) is 3.52. The minimum absolute atomic E-state index is 0.211. The van der Waals surface area contributed by atoms with Gasteiger partial charge in [-0.3, -0.25) is 4.79 Å². The fourth-order valence-electron chi connectivity index (χ4n) is 1.27. The van der Waals surface area contributed by atoms with Crippen LogP contribution >= 0.6 is 15.9 Å². The number of hydrogen-bond acceptors (Lipinski definition) is 3. The number of carbonyl (C=O) groups excluding carboxylic acids is 1. The van der Waals surface area contributed by atoms with E-state index >= 15 is 0 Å². The summed E-state index contributed by atoms with van der Waals surface area (Å²) in [5, 5.41) is 0. The summed E-state index contributed by atoms with van der Waals surface area (Å²) in [6, 6.07) is 7.55. The number of carbonyl (C=O) groups is 1. The number of halogens is 1. The van der Waals surface area contributed by atoms with E-state index in [0.717, 1.165) is 10.2 Å². The summed E-state index contributed by atoms with van der Waals surface area (Å²) in [4.78, 5) is 11.3. The van der Waals surface area contributed by atoms with E-state index in [1.165, 1.54) is 7.11 Å². The average molecular weight is 287 g/mol. The van der Waals surface area contributed by atoms with Crippen LogP contribution in [0.2, 0.25) is 0 Å². The molecule has 88 valence electrons. The Morgan fingerprint density at radius 2 is 2.12 bits per heavy atom. The molecule has 1 aromatic carbocycles. The Balaban J connectivity index is 2.56. The molecule has 0 fully saturated rings. The first kappa shape index (κ1) is 13.0. The van der Waals surface area contributed by atoms with Gasteiger partial charge in [0.15, 0.2) is 0 Å². The molecular weight excluding hydrogens is 272 g/mol. The highest BCUT2D eigenvalue weighted by molar-refractivity contribution is 9.10. The first-order chi connectivity index (χ1) is 7.69. The van der Waals surface area contributed by atoms with Crippen molar-refractivity contribution >= 4 is 21.9 Å². The van der Waals surface area contributed by atoms with Crippen LogP contribution in [0, 0.1) is 5.92 Å². The normalized spacial score (nSPS) is 11.9. The van der Waals surface area contributed by atoms with Gasteiger partial charge in [0.2, 0.25) is 0 Å². The van der Waals surface area contributed by atoms with Crippen LogP contribution in [0.3, 0.4) is 0 Å². The van der Waals surface area contributed by atoms with E-state index in [9.17, 15) is 4.79 Å². The van der Waals surface area contributed by atoms with Gasteiger partial charge >= 0.3 is 5.97 Å². The lowest BCUT2D eigenvalue weighted by molar-refractivity contribution is -0.146. The average Bonchev–Trinajstić information content (AvgIpc) is 2.31. The van der Waals surface area contributed by atoms with E-state index in [2.05, 4.69) is 15.9 Å². The molecule has 4 heteroatoms. The largest absolute Gasteiger partial charge is 0.492 e. The van der Waals surface area contributed by atoms with Gasteiger partial charge < -0.3 is 9.47 Å². The van der Waals surface area contributed by atoms with Crippen LogP contribution in [0.4, 0.5) is 0 Å². The minimum Gasteiger partial charge on any atom is -0.492 e. The Bertz CT molecular complexity index is 352. The van der Waals surface area contributed by atoms with Gasteiger partial charge in [0.05, 0.1) is 17.5 Å². The van der Waals surface area contributed by atoms with Crippen LogP contribution < -0.4 is 4.74 Å². The molecule has 0 heterocycles. The molecule has 3 nitrogen and oxygen atoms in total. The van der Waals surface area contributed by atoms with Crippen LogP contribution in [0.1, 0.15) is 13.3 Å². The highest BCUT2D eigenvalue weighted by Crippen LogP contribution is 2.24. The van der Waals surface area contributed by atoms with Gasteiger partial charge in [0, 0.05) is 0 Å². The number of hydrogen-bond donors (Lipinski definition) is 0. The minimum atomic E-state index is -0.227. The summed E-state index contributed by atoms with van der Waals surface area (Å²) in [6.07, 6.45) is 0.705. The van der Waals surface area contributed by atoms with Crippen LogP contribution in [0.15, 0.2) is 28.7 Å². The molecule has 0 saturated carbocycles. The Morgan fingerprint density at radius 3 is 2.69 bits per heavy atom. The molecule has 0 spiro atoms. The molecule has 1 atom stereocenters. The lowest BCUT2D eigenvalue weighted by Crippen LogP contribution is -2.22.